The van der Waals surface area contributed by atoms with E-state index in [1.165, 1.54) is 0 Å². The standard InChI is InChI=1S/C19H20N6O2.C17H20N2O.C9H12N4.C8H12N2O/c1-13(2)25-12-21-16-17(25)23-19(24-18(16)27-10-6-9-20)22-15(26)11-14-7-4-3-5-8-14;1-12(2)19-11-14(4)16(18-17(19)20)10-13(3)15-8-6-5-7-9-15;1-6(2)13-5-12-8-7(3)10-4-11-9(8)13;1-6(2)10-5-4-7(3)9-8(10)11/h3-5,7-8,12-13H,6,10-11H2,1-2H3,(H,22,23,24,26);5-9,11-12H,3,10H2,1-2,4H3;4-6H,3H2,1-2H3,(H,10,11);4-6H,3H2,1-2H3,(H,9,11). The van der Waals surface area contributed by atoms with Crippen LogP contribution in [0.4, 0.5) is 16.6 Å². The van der Waals surface area contributed by atoms with E-state index in [4.69, 9.17) is 10.00 Å². The highest BCUT2D eigenvalue weighted by atomic mass is 16.5. The van der Waals surface area contributed by atoms with Crippen molar-refractivity contribution in [1.82, 2.24) is 54.2 Å². The van der Waals surface area contributed by atoms with Gasteiger partial charge in [0, 0.05) is 48.7 Å². The Morgan fingerprint density at radius 1 is 0.831 bits per heavy atom. The van der Waals surface area contributed by atoms with Crippen LogP contribution in [0.5, 0.6) is 5.88 Å². The maximum absolute atomic E-state index is 12.3. The highest BCUT2D eigenvalue weighted by molar-refractivity contribution is 5.92. The van der Waals surface area contributed by atoms with E-state index in [0.29, 0.717) is 29.3 Å². The third-order valence-corrected chi connectivity index (χ3v) is 10.7. The summed E-state index contributed by atoms with van der Waals surface area (Å²) < 4.78 is 11.2. The number of allylic oxidation sites excluding steroid dienone is 2. The van der Waals surface area contributed by atoms with Crippen LogP contribution >= 0.6 is 0 Å². The van der Waals surface area contributed by atoms with Gasteiger partial charge in [0.25, 0.3) is 0 Å². The number of hydrogen-bond donors (Lipinski definition) is 3. The molecule has 6 heterocycles. The lowest BCUT2D eigenvalue weighted by molar-refractivity contribution is -0.115. The minimum atomic E-state index is -0.223. The molecule has 6 aromatic rings. The van der Waals surface area contributed by atoms with Crippen LogP contribution in [0.25, 0.3) is 22.4 Å². The fourth-order valence-corrected chi connectivity index (χ4v) is 6.90. The Balaban J connectivity index is 0.000000187. The molecule has 3 N–H and O–H groups in total. The number of aliphatic imine (C=N–C) groups is 1. The van der Waals surface area contributed by atoms with Crippen LogP contribution in [0.15, 0.2) is 127 Å². The predicted octanol–water partition coefficient (Wildman–Crippen LogP) is 9.41. The summed E-state index contributed by atoms with van der Waals surface area (Å²) in [4.78, 5) is 62.8. The number of nitrogens with one attached hydrogen (secondary N) is 3. The number of nitrogens with zero attached hydrogens (tertiary/aromatic N) is 11. The summed E-state index contributed by atoms with van der Waals surface area (Å²) in [6.07, 6.45) is 11.6. The number of nitriles is 1. The summed E-state index contributed by atoms with van der Waals surface area (Å²) >= 11 is 0. The molecule has 8 rings (SSSR count). The van der Waals surface area contributed by atoms with Crippen LogP contribution in [0, 0.1) is 18.3 Å². The van der Waals surface area contributed by atoms with E-state index in [-0.39, 0.29) is 67.0 Å². The first-order chi connectivity index (χ1) is 33.9. The van der Waals surface area contributed by atoms with Crippen molar-refractivity contribution >= 4 is 52.5 Å². The smallest absolute Gasteiger partial charge is 0.348 e. The van der Waals surface area contributed by atoms with Gasteiger partial charge in [-0.2, -0.15) is 20.2 Å². The molecule has 18 nitrogen and oxygen atoms in total. The second-order valence-corrected chi connectivity index (χ2v) is 17.6. The van der Waals surface area contributed by atoms with Crippen molar-refractivity contribution in [3.63, 3.8) is 0 Å². The zero-order valence-corrected chi connectivity index (χ0v) is 42.0. The number of anilines is 1. The SMILES string of the molecule is C=C(Cc1nc(=O)n(C(C)C)cc1C)c1ccccc1.C=C1C=CN(C(C)C)C(=O)N1.C=C1NC=Nc2c1ncn2C(C)C.CC(C)n1cnc2c(OCCC#N)nc(NC(=O)Cc3ccccc3)nc21. The number of hydrogen-bond acceptors (Lipinski definition) is 12. The number of carbonyl (C=O) groups is 2. The van der Waals surface area contributed by atoms with Gasteiger partial charge in [-0.05, 0) is 90.7 Å². The topological polar surface area (TPSA) is 215 Å². The number of rotatable bonds is 13. The van der Waals surface area contributed by atoms with Gasteiger partial charge >= 0.3 is 11.7 Å². The third kappa shape index (κ3) is 14.8. The van der Waals surface area contributed by atoms with Gasteiger partial charge in [-0.15, -0.1) is 0 Å². The van der Waals surface area contributed by atoms with E-state index in [0.717, 1.165) is 45.2 Å². The molecule has 0 unspecified atom stereocenters. The van der Waals surface area contributed by atoms with Gasteiger partial charge in [0.1, 0.15) is 12.3 Å². The van der Waals surface area contributed by atoms with Crippen molar-refractivity contribution < 1.29 is 14.3 Å². The number of carbonyl (C=O) groups excluding carboxylic acids is 2. The molecule has 2 aliphatic heterocycles. The number of fused-ring (bicyclic) bond motifs is 2. The Hall–Kier alpha value is -8.46. The Morgan fingerprint density at radius 3 is 2.10 bits per heavy atom. The van der Waals surface area contributed by atoms with Gasteiger partial charge in [-0.3, -0.25) is 19.6 Å². The van der Waals surface area contributed by atoms with Crippen LogP contribution in [0.3, 0.4) is 0 Å². The highest BCUT2D eigenvalue weighted by Gasteiger charge is 2.20. The van der Waals surface area contributed by atoms with Crippen molar-refractivity contribution in [2.24, 2.45) is 4.99 Å². The summed E-state index contributed by atoms with van der Waals surface area (Å²) in [5, 5.41) is 17.0. The van der Waals surface area contributed by atoms with Crippen LogP contribution < -0.4 is 26.4 Å². The number of aryl methyl sites for hydroxylation is 1. The quantitative estimate of drug-likeness (QED) is 0.0927. The molecule has 4 aromatic heterocycles. The van der Waals surface area contributed by atoms with Crippen molar-refractivity contribution in [3.05, 3.63) is 156 Å². The molecule has 0 radical (unpaired) electrons. The van der Waals surface area contributed by atoms with Crippen LogP contribution in [0.1, 0.15) is 108 Å². The number of urea groups is 1. The molecular formula is C53H64N14O4. The van der Waals surface area contributed by atoms with Gasteiger partial charge in [0.05, 0.1) is 49.3 Å². The second kappa shape index (κ2) is 25.2. The zero-order chi connectivity index (χ0) is 51.8. The van der Waals surface area contributed by atoms with Crippen LogP contribution in [-0.4, -0.2) is 74.4 Å². The molecule has 0 aliphatic carbocycles. The molecule has 0 fully saturated rings. The largest absolute Gasteiger partial charge is 0.475 e. The van der Waals surface area contributed by atoms with Crippen molar-refractivity contribution in [1.29, 1.82) is 5.26 Å². The minimum Gasteiger partial charge on any atom is -0.475 e. The molecule has 71 heavy (non-hydrogen) atoms. The van der Waals surface area contributed by atoms with Crippen molar-refractivity contribution in [2.45, 2.75) is 106 Å². The minimum absolute atomic E-state index is 0.104. The molecule has 2 aromatic carbocycles. The fraction of sp³-hybridized carbons (Fsp3) is 0.321. The van der Waals surface area contributed by atoms with Gasteiger partial charge in [0.2, 0.25) is 17.7 Å². The van der Waals surface area contributed by atoms with E-state index in [1.54, 1.807) is 40.7 Å². The van der Waals surface area contributed by atoms with E-state index in [9.17, 15) is 14.4 Å². The molecule has 370 valence electrons. The Morgan fingerprint density at radius 2 is 1.48 bits per heavy atom. The van der Waals surface area contributed by atoms with Crippen LogP contribution in [-0.2, 0) is 17.6 Å². The first-order valence-electron chi connectivity index (χ1n) is 23.3. The van der Waals surface area contributed by atoms with Crippen molar-refractivity contribution in [2.75, 3.05) is 11.9 Å². The summed E-state index contributed by atoms with van der Waals surface area (Å²) in [7, 11) is 0. The van der Waals surface area contributed by atoms with Crippen molar-refractivity contribution in [3.8, 4) is 11.9 Å². The average Bonchev–Trinajstić information content (AvgIpc) is 3.98. The van der Waals surface area contributed by atoms with Gasteiger partial charge in [0.15, 0.2) is 17.0 Å². The predicted molar refractivity (Wildman–Crippen MR) is 280 cm³/mol. The first-order valence-corrected chi connectivity index (χ1v) is 23.3. The summed E-state index contributed by atoms with van der Waals surface area (Å²) in [6.45, 7) is 29.8. The van der Waals surface area contributed by atoms with E-state index in [2.05, 4.69) is 79.4 Å². The molecule has 0 saturated heterocycles. The molecule has 0 atom stereocenters. The Kier molecular flexibility index (Phi) is 19.0. The molecule has 0 saturated carbocycles. The van der Waals surface area contributed by atoms with Gasteiger partial charge in [-0.25, -0.2) is 24.5 Å². The lowest BCUT2D eigenvalue weighted by Crippen LogP contribution is -2.42. The van der Waals surface area contributed by atoms with Gasteiger partial charge in [-0.1, -0.05) is 80.4 Å². The fourth-order valence-electron chi connectivity index (χ4n) is 6.90. The number of benzene rings is 2. The lowest BCUT2D eigenvalue weighted by atomic mass is 10.0. The van der Waals surface area contributed by atoms with Gasteiger partial charge < -0.3 is 24.5 Å². The molecule has 0 bridgehead atoms. The number of ether oxygens (including phenoxy) is 1. The second-order valence-electron chi connectivity index (χ2n) is 17.6. The van der Waals surface area contributed by atoms with E-state index >= 15 is 0 Å². The maximum atomic E-state index is 12.3. The highest BCUT2D eigenvalue weighted by Crippen LogP contribution is 2.28. The summed E-state index contributed by atoms with van der Waals surface area (Å²) in [6, 6.07) is 22.2. The maximum Gasteiger partial charge on any atom is 0.348 e. The molecule has 2 aliphatic rings. The Labute approximate surface area is 415 Å². The number of aromatic nitrogens is 8. The Bertz CT molecular complexity index is 2990. The average molecular weight is 961 g/mol. The number of amides is 3. The third-order valence-electron chi connectivity index (χ3n) is 10.7. The monoisotopic (exact) mass is 961 g/mol. The number of imidazole rings is 2. The molecular weight excluding hydrogens is 897 g/mol. The lowest BCUT2D eigenvalue weighted by Gasteiger charge is -2.26. The molecule has 18 heteroatoms. The van der Waals surface area contributed by atoms with Crippen LogP contribution in [0.2, 0.25) is 0 Å². The zero-order valence-electron chi connectivity index (χ0n) is 42.0. The van der Waals surface area contributed by atoms with E-state index in [1.807, 2.05) is 131 Å². The summed E-state index contributed by atoms with van der Waals surface area (Å²) in [5.41, 5.74) is 7.97. The summed E-state index contributed by atoms with van der Waals surface area (Å²) in [5.74, 6) is 1.07. The normalized spacial score (nSPS) is 12.5. The van der Waals surface area contributed by atoms with E-state index < -0.39 is 0 Å². The molecule has 3 amide bonds. The molecule has 0 spiro atoms. The first kappa shape index (κ1) is 53.5.